The normalized spacial score (nSPS) is 38.8. The standard InChI is InChI=1S/C11H21NO2/c12-10-2-1-3-11(6-10)14-8-9-4-5-13-7-9/h9-11H,1-8,12H2. The highest BCUT2D eigenvalue weighted by atomic mass is 16.5. The van der Waals surface area contributed by atoms with Crippen LogP contribution in [0, 0.1) is 5.92 Å². The third kappa shape index (κ3) is 2.94. The first-order valence-corrected chi connectivity index (χ1v) is 5.79. The van der Waals surface area contributed by atoms with Crippen LogP contribution in [0.5, 0.6) is 0 Å². The highest BCUT2D eigenvalue weighted by Gasteiger charge is 2.22. The van der Waals surface area contributed by atoms with Gasteiger partial charge in [-0.25, -0.2) is 0 Å². The smallest absolute Gasteiger partial charge is 0.0590 e. The molecule has 2 fully saturated rings. The number of ether oxygens (including phenoxy) is 2. The van der Waals surface area contributed by atoms with Gasteiger partial charge in [-0.1, -0.05) is 0 Å². The van der Waals surface area contributed by atoms with Gasteiger partial charge in [-0.15, -0.1) is 0 Å². The molecule has 1 saturated carbocycles. The minimum atomic E-state index is 0.369. The van der Waals surface area contributed by atoms with Gasteiger partial charge in [0.25, 0.3) is 0 Å². The zero-order chi connectivity index (χ0) is 9.80. The van der Waals surface area contributed by atoms with Crippen molar-refractivity contribution < 1.29 is 9.47 Å². The van der Waals surface area contributed by atoms with Gasteiger partial charge in [-0.05, 0) is 32.1 Å². The maximum absolute atomic E-state index is 5.90. The topological polar surface area (TPSA) is 44.5 Å². The lowest BCUT2D eigenvalue weighted by molar-refractivity contribution is 0.00212. The third-order valence-corrected chi connectivity index (χ3v) is 3.26. The van der Waals surface area contributed by atoms with Gasteiger partial charge >= 0.3 is 0 Å². The molecule has 1 aliphatic heterocycles. The first-order valence-electron chi connectivity index (χ1n) is 5.79. The van der Waals surface area contributed by atoms with Gasteiger partial charge in [-0.3, -0.25) is 0 Å². The van der Waals surface area contributed by atoms with Crippen molar-refractivity contribution in [3.05, 3.63) is 0 Å². The molecule has 0 bridgehead atoms. The Morgan fingerprint density at radius 1 is 1.29 bits per heavy atom. The first kappa shape index (κ1) is 10.4. The molecule has 3 nitrogen and oxygen atoms in total. The molecule has 0 radical (unpaired) electrons. The quantitative estimate of drug-likeness (QED) is 0.745. The van der Waals surface area contributed by atoms with Crippen LogP contribution in [0.4, 0.5) is 0 Å². The molecule has 2 N–H and O–H groups in total. The zero-order valence-corrected chi connectivity index (χ0v) is 8.78. The van der Waals surface area contributed by atoms with Crippen LogP contribution in [-0.2, 0) is 9.47 Å². The number of hydrogen-bond donors (Lipinski definition) is 1. The van der Waals surface area contributed by atoms with Gasteiger partial charge < -0.3 is 15.2 Å². The molecular formula is C11H21NO2. The van der Waals surface area contributed by atoms with E-state index in [4.69, 9.17) is 15.2 Å². The maximum Gasteiger partial charge on any atom is 0.0590 e. The summed E-state index contributed by atoms with van der Waals surface area (Å²) in [5.74, 6) is 0.633. The van der Waals surface area contributed by atoms with E-state index in [1.54, 1.807) is 0 Å². The fourth-order valence-electron chi connectivity index (χ4n) is 2.32. The number of hydrogen-bond acceptors (Lipinski definition) is 3. The molecule has 1 saturated heterocycles. The maximum atomic E-state index is 5.90. The molecule has 1 aliphatic carbocycles. The predicted octanol–water partition coefficient (Wildman–Crippen LogP) is 1.31. The summed E-state index contributed by atoms with van der Waals surface area (Å²) in [6, 6.07) is 0.369. The van der Waals surface area contributed by atoms with Crippen LogP contribution in [0.3, 0.4) is 0 Å². The summed E-state index contributed by atoms with van der Waals surface area (Å²) >= 11 is 0. The first-order chi connectivity index (χ1) is 6.84. The molecule has 0 spiro atoms. The largest absolute Gasteiger partial charge is 0.381 e. The molecule has 82 valence electrons. The van der Waals surface area contributed by atoms with E-state index in [1.165, 1.54) is 25.7 Å². The van der Waals surface area contributed by atoms with Gasteiger partial charge in [0, 0.05) is 18.6 Å². The highest BCUT2D eigenvalue weighted by Crippen LogP contribution is 2.21. The third-order valence-electron chi connectivity index (χ3n) is 3.26. The van der Waals surface area contributed by atoms with Crippen molar-refractivity contribution in [2.24, 2.45) is 11.7 Å². The Bertz CT molecular complexity index is 169. The minimum absolute atomic E-state index is 0.369. The van der Waals surface area contributed by atoms with Crippen molar-refractivity contribution in [2.45, 2.75) is 44.2 Å². The molecule has 0 aromatic rings. The Morgan fingerprint density at radius 2 is 2.21 bits per heavy atom. The summed E-state index contributed by atoms with van der Waals surface area (Å²) in [6.45, 7) is 2.67. The Labute approximate surface area is 85.9 Å². The molecule has 2 aliphatic rings. The Balaban J connectivity index is 1.64. The van der Waals surface area contributed by atoms with Gasteiger partial charge in [0.05, 0.1) is 19.3 Å². The summed E-state index contributed by atoms with van der Waals surface area (Å²) in [4.78, 5) is 0. The van der Waals surface area contributed by atoms with Crippen LogP contribution in [-0.4, -0.2) is 32.0 Å². The van der Waals surface area contributed by atoms with E-state index in [0.717, 1.165) is 26.2 Å². The van der Waals surface area contributed by atoms with E-state index in [0.29, 0.717) is 18.1 Å². The molecule has 2 rings (SSSR count). The average Bonchev–Trinajstić information content (AvgIpc) is 2.67. The SMILES string of the molecule is NC1CCCC(OCC2CCOC2)C1. The second kappa shape index (κ2) is 5.10. The Kier molecular flexibility index (Phi) is 3.79. The lowest BCUT2D eigenvalue weighted by atomic mass is 9.93. The molecule has 1 heterocycles. The van der Waals surface area contributed by atoms with Crippen LogP contribution in [0.2, 0.25) is 0 Å². The molecule has 0 aromatic heterocycles. The summed E-state index contributed by atoms with van der Waals surface area (Å²) in [5.41, 5.74) is 5.90. The summed E-state index contributed by atoms with van der Waals surface area (Å²) in [7, 11) is 0. The van der Waals surface area contributed by atoms with Crippen LogP contribution in [0.15, 0.2) is 0 Å². The average molecular weight is 199 g/mol. The van der Waals surface area contributed by atoms with Crippen molar-refractivity contribution in [3.8, 4) is 0 Å². The Hall–Kier alpha value is -0.120. The van der Waals surface area contributed by atoms with Crippen molar-refractivity contribution in [2.75, 3.05) is 19.8 Å². The fourth-order valence-corrected chi connectivity index (χ4v) is 2.32. The lowest BCUT2D eigenvalue weighted by Gasteiger charge is -2.27. The van der Waals surface area contributed by atoms with Gasteiger partial charge in [-0.2, -0.15) is 0 Å². The van der Waals surface area contributed by atoms with E-state index in [9.17, 15) is 0 Å². The van der Waals surface area contributed by atoms with Crippen molar-refractivity contribution in [3.63, 3.8) is 0 Å². The second-order valence-electron chi connectivity index (χ2n) is 4.61. The predicted molar refractivity (Wildman–Crippen MR) is 55.1 cm³/mol. The van der Waals surface area contributed by atoms with Crippen molar-refractivity contribution >= 4 is 0 Å². The molecule has 3 atom stereocenters. The molecular weight excluding hydrogens is 178 g/mol. The number of rotatable bonds is 3. The van der Waals surface area contributed by atoms with Crippen LogP contribution in [0.25, 0.3) is 0 Å². The fraction of sp³-hybridized carbons (Fsp3) is 1.00. The summed E-state index contributed by atoms with van der Waals surface area (Å²) in [5, 5.41) is 0. The van der Waals surface area contributed by atoms with Crippen LogP contribution < -0.4 is 5.73 Å². The second-order valence-corrected chi connectivity index (χ2v) is 4.61. The molecule has 0 aromatic carbocycles. The molecule has 0 amide bonds. The van der Waals surface area contributed by atoms with Gasteiger partial charge in [0.1, 0.15) is 0 Å². The molecule has 3 heteroatoms. The van der Waals surface area contributed by atoms with Crippen LogP contribution >= 0.6 is 0 Å². The van der Waals surface area contributed by atoms with Crippen LogP contribution in [0.1, 0.15) is 32.1 Å². The zero-order valence-electron chi connectivity index (χ0n) is 8.78. The Morgan fingerprint density at radius 3 is 2.93 bits per heavy atom. The molecule has 3 unspecified atom stereocenters. The minimum Gasteiger partial charge on any atom is -0.381 e. The van der Waals surface area contributed by atoms with Crippen molar-refractivity contribution in [1.29, 1.82) is 0 Å². The highest BCUT2D eigenvalue weighted by molar-refractivity contribution is 4.76. The monoisotopic (exact) mass is 199 g/mol. The van der Waals surface area contributed by atoms with E-state index < -0.39 is 0 Å². The van der Waals surface area contributed by atoms with E-state index in [-0.39, 0.29) is 0 Å². The molecule has 14 heavy (non-hydrogen) atoms. The van der Waals surface area contributed by atoms with Crippen molar-refractivity contribution in [1.82, 2.24) is 0 Å². The van der Waals surface area contributed by atoms with Gasteiger partial charge in [0.15, 0.2) is 0 Å². The lowest BCUT2D eigenvalue weighted by Crippen LogP contribution is -2.33. The van der Waals surface area contributed by atoms with Gasteiger partial charge in [0.2, 0.25) is 0 Å². The number of nitrogens with two attached hydrogens (primary N) is 1. The summed E-state index contributed by atoms with van der Waals surface area (Å²) < 4.78 is 11.2. The van der Waals surface area contributed by atoms with E-state index in [1.807, 2.05) is 0 Å². The summed E-state index contributed by atoms with van der Waals surface area (Å²) in [6.07, 6.45) is 6.23. The van der Waals surface area contributed by atoms with E-state index >= 15 is 0 Å². The van der Waals surface area contributed by atoms with E-state index in [2.05, 4.69) is 0 Å².